The molecule has 0 spiro atoms. The number of benzene rings is 1. The van der Waals surface area contributed by atoms with Gasteiger partial charge in [0.25, 0.3) is 0 Å². The molecule has 0 amide bonds. The zero-order valence-corrected chi connectivity index (χ0v) is 8.54. The van der Waals surface area contributed by atoms with Crippen molar-refractivity contribution in [3.05, 3.63) is 41.0 Å². The summed E-state index contributed by atoms with van der Waals surface area (Å²) in [6, 6.07) is 4.72. The molecule has 2 nitrogen and oxygen atoms in total. The van der Waals surface area contributed by atoms with Crippen LogP contribution in [0.3, 0.4) is 0 Å². The van der Waals surface area contributed by atoms with Crippen molar-refractivity contribution in [1.29, 1.82) is 0 Å². The van der Waals surface area contributed by atoms with E-state index in [0.717, 1.165) is 13.1 Å². The molecule has 2 rings (SSSR count). The van der Waals surface area contributed by atoms with Crippen LogP contribution in [0.5, 0.6) is 0 Å². The highest BCUT2D eigenvalue weighted by atomic mass is 19.1. The van der Waals surface area contributed by atoms with Gasteiger partial charge in [0.15, 0.2) is 5.69 Å². The van der Waals surface area contributed by atoms with Gasteiger partial charge < -0.3 is 0 Å². The molecule has 1 saturated heterocycles. The maximum Gasteiger partial charge on any atom is 0.190 e. The Morgan fingerprint density at radius 3 is 2.67 bits per heavy atom. The van der Waals surface area contributed by atoms with Gasteiger partial charge in [-0.3, -0.25) is 4.90 Å². The van der Waals surface area contributed by atoms with E-state index in [-0.39, 0.29) is 5.82 Å². The van der Waals surface area contributed by atoms with E-state index in [1.54, 1.807) is 12.1 Å². The smallest absolute Gasteiger partial charge is 0.190 e. The van der Waals surface area contributed by atoms with E-state index in [1.807, 2.05) is 0 Å². The fourth-order valence-corrected chi connectivity index (χ4v) is 1.92. The van der Waals surface area contributed by atoms with Gasteiger partial charge in [-0.15, -0.1) is 0 Å². The van der Waals surface area contributed by atoms with Crippen molar-refractivity contribution in [2.24, 2.45) is 0 Å². The quantitative estimate of drug-likeness (QED) is 0.672. The van der Waals surface area contributed by atoms with Crippen LogP contribution in [0, 0.1) is 12.4 Å². The Morgan fingerprint density at radius 1 is 1.33 bits per heavy atom. The molecule has 78 valence electrons. The number of hydrogen-bond donors (Lipinski definition) is 0. The summed E-state index contributed by atoms with van der Waals surface area (Å²) in [5, 5.41) is 0. The summed E-state index contributed by atoms with van der Waals surface area (Å²) in [6.07, 6.45) is 2.42. The first-order valence-electron chi connectivity index (χ1n) is 5.18. The molecule has 0 unspecified atom stereocenters. The van der Waals surface area contributed by atoms with Crippen LogP contribution in [-0.4, -0.2) is 18.0 Å². The van der Waals surface area contributed by atoms with Crippen molar-refractivity contribution in [2.75, 3.05) is 13.1 Å². The minimum atomic E-state index is -0.254. The van der Waals surface area contributed by atoms with E-state index in [1.165, 1.54) is 18.9 Å². The Morgan fingerprint density at radius 2 is 2.07 bits per heavy atom. The first kappa shape index (κ1) is 10.1. The molecule has 1 aromatic carbocycles. The predicted molar refractivity (Wildman–Crippen MR) is 57.2 cm³/mol. The van der Waals surface area contributed by atoms with Crippen LogP contribution in [-0.2, 0) is 6.54 Å². The van der Waals surface area contributed by atoms with E-state index < -0.39 is 0 Å². The van der Waals surface area contributed by atoms with Crippen molar-refractivity contribution >= 4 is 5.69 Å². The third kappa shape index (κ3) is 2.34. The zero-order valence-electron chi connectivity index (χ0n) is 8.54. The lowest BCUT2D eigenvalue weighted by Crippen LogP contribution is -2.18. The maximum atomic E-state index is 13.5. The van der Waals surface area contributed by atoms with Gasteiger partial charge in [0.05, 0.1) is 6.57 Å². The third-order valence-electron chi connectivity index (χ3n) is 2.76. The monoisotopic (exact) mass is 204 g/mol. The van der Waals surface area contributed by atoms with Gasteiger partial charge in [0.2, 0.25) is 0 Å². The first-order chi connectivity index (χ1) is 7.29. The fraction of sp³-hybridized carbons (Fsp3) is 0.417. The molecule has 1 heterocycles. The topological polar surface area (TPSA) is 7.60 Å². The molecular formula is C12H13FN2. The van der Waals surface area contributed by atoms with Gasteiger partial charge in [-0.25, -0.2) is 9.24 Å². The van der Waals surface area contributed by atoms with E-state index in [9.17, 15) is 4.39 Å². The SMILES string of the molecule is [C-]#[N+]c1ccc(CN2CCCC2)c(F)c1. The minimum Gasteiger partial charge on any atom is -0.299 e. The molecule has 0 bridgehead atoms. The molecule has 0 radical (unpaired) electrons. The number of likely N-dealkylation sites (tertiary alicyclic amines) is 1. The number of halogens is 1. The van der Waals surface area contributed by atoms with Crippen LogP contribution in [0.25, 0.3) is 4.85 Å². The van der Waals surface area contributed by atoms with Crippen LogP contribution in [0.1, 0.15) is 18.4 Å². The van der Waals surface area contributed by atoms with Crippen molar-refractivity contribution in [3.8, 4) is 0 Å². The lowest BCUT2D eigenvalue weighted by Gasteiger charge is -2.14. The highest BCUT2D eigenvalue weighted by molar-refractivity contribution is 5.46. The van der Waals surface area contributed by atoms with Gasteiger partial charge in [-0.1, -0.05) is 12.1 Å². The average Bonchev–Trinajstić information content (AvgIpc) is 2.74. The zero-order chi connectivity index (χ0) is 10.7. The molecule has 1 aliphatic rings. The molecule has 1 aliphatic heterocycles. The number of hydrogen-bond acceptors (Lipinski definition) is 1. The average molecular weight is 204 g/mol. The van der Waals surface area contributed by atoms with Gasteiger partial charge in [0.1, 0.15) is 5.82 Å². The molecule has 0 atom stereocenters. The lowest BCUT2D eigenvalue weighted by molar-refractivity contribution is 0.325. The molecule has 1 aromatic rings. The molecule has 1 fully saturated rings. The summed E-state index contributed by atoms with van der Waals surface area (Å²) in [5.74, 6) is -0.254. The fourth-order valence-electron chi connectivity index (χ4n) is 1.92. The van der Waals surface area contributed by atoms with E-state index in [0.29, 0.717) is 17.8 Å². The Hall–Kier alpha value is -1.40. The lowest BCUT2D eigenvalue weighted by atomic mass is 10.2. The Kier molecular flexibility index (Phi) is 2.98. The standard InChI is InChI=1S/C12H13FN2/c1-14-11-5-4-10(12(13)8-11)9-15-6-2-3-7-15/h4-5,8H,2-3,6-7,9H2. The van der Waals surface area contributed by atoms with Crippen LogP contribution < -0.4 is 0 Å². The van der Waals surface area contributed by atoms with E-state index in [2.05, 4.69) is 9.74 Å². The summed E-state index contributed by atoms with van der Waals surface area (Å²) < 4.78 is 13.5. The highest BCUT2D eigenvalue weighted by Gasteiger charge is 2.13. The van der Waals surface area contributed by atoms with Crippen LogP contribution in [0.15, 0.2) is 18.2 Å². The predicted octanol–water partition coefficient (Wildman–Crippen LogP) is 2.97. The van der Waals surface area contributed by atoms with Gasteiger partial charge in [-0.2, -0.15) is 0 Å². The van der Waals surface area contributed by atoms with Gasteiger partial charge in [0, 0.05) is 6.54 Å². The normalized spacial score (nSPS) is 16.5. The largest absolute Gasteiger partial charge is 0.299 e. The Balaban J connectivity index is 2.11. The molecule has 0 N–H and O–H groups in total. The summed E-state index contributed by atoms with van der Waals surface area (Å²) in [4.78, 5) is 5.45. The molecule has 0 aliphatic carbocycles. The Labute approximate surface area is 89.1 Å². The summed E-state index contributed by atoms with van der Waals surface area (Å²) in [5.41, 5.74) is 1.07. The van der Waals surface area contributed by atoms with Crippen molar-refractivity contribution in [1.82, 2.24) is 4.90 Å². The van der Waals surface area contributed by atoms with E-state index in [4.69, 9.17) is 6.57 Å². The molecule has 3 heteroatoms. The van der Waals surface area contributed by atoms with E-state index >= 15 is 0 Å². The molecule has 15 heavy (non-hydrogen) atoms. The second-order valence-corrected chi connectivity index (χ2v) is 3.87. The maximum absolute atomic E-state index is 13.5. The summed E-state index contributed by atoms with van der Waals surface area (Å²) >= 11 is 0. The summed E-state index contributed by atoms with van der Waals surface area (Å²) in [7, 11) is 0. The second-order valence-electron chi connectivity index (χ2n) is 3.87. The number of nitrogens with zero attached hydrogens (tertiary/aromatic N) is 2. The Bertz CT molecular complexity index is 389. The third-order valence-corrected chi connectivity index (χ3v) is 2.76. The minimum absolute atomic E-state index is 0.254. The first-order valence-corrected chi connectivity index (χ1v) is 5.18. The van der Waals surface area contributed by atoms with Gasteiger partial charge >= 0.3 is 0 Å². The van der Waals surface area contributed by atoms with Crippen LogP contribution in [0.4, 0.5) is 10.1 Å². The molecule has 0 aromatic heterocycles. The summed E-state index contributed by atoms with van der Waals surface area (Å²) in [6.45, 7) is 9.57. The number of rotatable bonds is 2. The van der Waals surface area contributed by atoms with Crippen molar-refractivity contribution < 1.29 is 4.39 Å². The van der Waals surface area contributed by atoms with Gasteiger partial charge in [-0.05, 0) is 37.6 Å². The van der Waals surface area contributed by atoms with Crippen LogP contribution >= 0.6 is 0 Å². The molecular weight excluding hydrogens is 191 g/mol. The highest BCUT2D eigenvalue weighted by Crippen LogP contribution is 2.20. The van der Waals surface area contributed by atoms with Crippen LogP contribution in [0.2, 0.25) is 0 Å². The van der Waals surface area contributed by atoms with Crippen molar-refractivity contribution in [2.45, 2.75) is 19.4 Å². The molecule has 0 saturated carbocycles. The van der Waals surface area contributed by atoms with Crippen molar-refractivity contribution in [3.63, 3.8) is 0 Å². The second kappa shape index (κ2) is 4.41.